The van der Waals surface area contributed by atoms with Crippen molar-refractivity contribution in [1.82, 2.24) is 20.1 Å². The van der Waals surface area contributed by atoms with Crippen LogP contribution in [-0.2, 0) is 21.4 Å². The molecule has 4 atom stereocenters. The first-order valence-electron chi connectivity index (χ1n) is 14.2. The predicted molar refractivity (Wildman–Crippen MR) is 165 cm³/mol. The molecule has 42 heavy (non-hydrogen) atoms. The van der Waals surface area contributed by atoms with Gasteiger partial charge in [0, 0.05) is 79.5 Å². The Morgan fingerprint density at radius 3 is 2.43 bits per heavy atom. The molecular weight excluding hydrogens is 587 g/mol. The molecule has 0 radical (unpaired) electrons. The summed E-state index contributed by atoms with van der Waals surface area (Å²) < 4.78 is 33.5. The van der Waals surface area contributed by atoms with Crippen molar-refractivity contribution in [3.05, 3.63) is 63.1 Å². The highest BCUT2D eigenvalue weighted by Crippen LogP contribution is 2.39. The molecule has 2 saturated heterocycles. The standard InChI is InChI=1S/C30H41F2N5O3.2ClH/c1-18-12-35(24(11-33-18)13-36-19(2)15-40-16-20(36)3)14-27(38)37-17-30(4,5)28-26(37)9-22(29(39)34-28)8-21-6-7-23(31)10-25(21)32;;/h6-7,9-10,18-20,24,33H,8,11-17H2,1-5H3,(H,34,39);2*1H/t18-,19-,20-,24-;;/m1../s1. The van der Waals surface area contributed by atoms with Crippen LogP contribution in [0.1, 0.15) is 51.4 Å². The third-order valence-electron chi connectivity index (χ3n) is 8.65. The van der Waals surface area contributed by atoms with Gasteiger partial charge in [0.15, 0.2) is 0 Å². The Kier molecular flexibility index (Phi) is 11.2. The molecule has 3 aliphatic rings. The van der Waals surface area contributed by atoms with Gasteiger partial charge in [0.05, 0.1) is 25.4 Å². The molecule has 234 valence electrons. The Morgan fingerprint density at radius 2 is 1.76 bits per heavy atom. The first kappa shape index (κ1) is 34.4. The van der Waals surface area contributed by atoms with Crippen molar-refractivity contribution in [3.8, 4) is 0 Å². The summed E-state index contributed by atoms with van der Waals surface area (Å²) in [6, 6.07) is 6.12. The number of ether oxygens (including phenoxy) is 1. The Morgan fingerprint density at radius 1 is 1.07 bits per heavy atom. The van der Waals surface area contributed by atoms with Crippen molar-refractivity contribution in [1.29, 1.82) is 0 Å². The number of benzene rings is 1. The number of aromatic nitrogens is 1. The zero-order chi connectivity index (χ0) is 28.8. The Hall–Kier alpha value is -2.08. The molecular formula is C30H43Cl2F2N5O3. The van der Waals surface area contributed by atoms with E-state index in [2.05, 4.69) is 40.9 Å². The number of aromatic amines is 1. The summed E-state index contributed by atoms with van der Waals surface area (Å²) in [5.74, 6) is -1.39. The van der Waals surface area contributed by atoms with Gasteiger partial charge >= 0.3 is 0 Å². The second-order valence-corrected chi connectivity index (χ2v) is 12.5. The van der Waals surface area contributed by atoms with Crippen molar-refractivity contribution in [2.45, 2.75) is 70.6 Å². The van der Waals surface area contributed by atoms with Crippen molar-refractivity contribution in [2.24, 2.45) is 0 Å². The molecule has 0 saturated carbocycles. The van der Waals surface area contributed by atoms with E-state index in [1.807, 2.05) is 13.8 Å². The zero-order valence-corrected chi connectivity index (χ0v) is 26.5. The van der Waals surface area contributed by atoms with Crippen LogP contribution in [0.3, 0.4) is 0 Å². The number of carbonyl (C=O) groups excluding carboxylic acids is 1. The molecule has 1 aromatic carbocycles. The van der Waals surface area contributed by atoms with E-state index in [1.54, 1.807) is 11.0 Å². The van der Waals surface area contributed by atoms with Gasteiger partial charge in [-0.25, -0.2) is 8.78 Å². The van der Waals surface area contributed by atoms with Crippen molar-refractivity contribution < 1.29 is 18.3 Å². The second kappa shape index (κ2) is 13.7. The highest BCUT2D eigenvalue weighted by molar-refractivity contribution is 5.97. The fourth-order valence-corrected chi connectivity index (χ4v) is 6.38. The summed E-state index contributed by atoms with van der Waals surface area (Å²) in [6.07, 6.45) is 0.00445. The summed E-state index contributed by atoms with van der Waals surface area (Å²) in [6.45, 7) is 15.0. The lowest BCUT2D eigenvalue weighted by atomic mass is 9.91. The van der Waals surface area contributed by atoms with Gasteiger partial charge in [-0.2, -0.15) is 0 Å². The molecule has 0 unspecified atom stereocenters. The number of carbonyl (C=O) groups is 1. The van der Waals surface area contributed by atoms with E-state index in [1.165, 1.54) is 12.1 Å². The van der Waals surface area contributed by atoms with Crippen molar-refractivity contribution in [3.63, 3.8) is 0 Å². The van der Waals surface area contributed by atoms with Crippen LogP contribution in [0, 0.1) is 11.6 Å². The number of pyridine rings is 1. The third kappa shape index (κ3) is 7.17. The van der Waals surface area contributed by atoms with Crippen LogP contribution in [-0.4, -0.2) is 90.8 Å². The number of halogens is 4. The number of hydrogen-bond acceptors (Lipinski definition) is 6. The minimum Gasteiger partial charge on any atom is -0.378 e. The van der Waals surface area contributed by atoms with Crippen LogP contribution in [0.25, 0.3) is 0 Å². The number of fused-ring (bicyclic) bond motifs is 1. The van der Waals surface area contributed by atoms with Crippen LogP contribution in [0.5, 0.6) is 0 Å². The van der Waals surface area contributed by atoms with E-state index in [-0.39, 0.29) is 66.9 Å². The Bertz CT molecular complexity index is 1320. The van der Waals surface area contributed by atoms with Crippen LogP contribution in [0.4, 0.5) is 14.5 Å². The predicted octanol–water partition coefficient (Wildman–Crippen LogP) is 3.48. The van der Waals surface area contributed by atoms with Gasteiger partial charge < -0.3 is 19.9 Å². The van der Waals surface area contributed by atoms with Gasteiger partial charge in [0.2, 0.25) is 5.91 Å². The summed E-state index contributed by atoms with van der Waals surface area (Å²) >= 11 is 0. The average Bonchev–Trinajstić information content (AvgIpc) is 3.14. The molecule has 2 aromatic rings. The molecule has 1 aromatic heterocycles. The lowest BCUT2D eigenvalue weighted by Gasteiger charge is -2.46. The highest BCUT2D eigenvalue weighted by Gasteiger charge is 2.41. The number of H-pyrrole nitrogens is 1. The number of nitrogens with zero attached hydrogens (tertiary/aromatic N) is 3. The molecule has 2 fully saturated rings. The Labute approximate surface area is 259 Å². The number of amides is 1. The topological polar surface area (TPSA) is 80.9 Å². The molecule has 3 aliphatic heterocycles. The van der Waals surface area contributed by atoms with E-state index in [4.69, 9.17) is 4.74 Å². The van der Waals surface area contributed by atoms with Gasteiger partial charge in [0.1, 0.15) is 11.6 Å². The SMILES string of the molecule is C[C@@H]1CN(CC(=O)N2CC(C)(C)c3[nH]c(=O)c(Cc4ccc(F)cc4F)cc32)[C@@H](CN2[C@H](C)COC[C@H]2C)CN1.Cl.Cl. The van der Waals surface area contributed by atoms with Crippen LogP contribution in [0.15, 0.2) is 29.1 Å². The molecule has 0 spiro atoms. The van der Waals surface area contributed by atoms with Gasteiger partial charge in [-0.05, 0) is 38.5 Å². The molecule has 8 nitrogen and oxygen atoms in total. The number of nitrogens with one attached hydrogen (secondary N) is 2. The van der Waals surface area contributed by atoms with E-state index in [9.17, 15) is 18.4 Å². The van der Waals surface area contributed by atoms with Gasteiger partial charge in [-0.15, -0.1) is 24.8 Å². The third-order valence-corrected chi connectivity index (χ3v) is 8.65. The molecule has 1 amide bonds. The number of morpholine rings is 1. The van der Waals surface area contributed by atoms with Crippen LogP contribution < -0.4 is 15.8 Å². The first-order valence-corrected chi connectivity index (χ1v) is 14.2. The second-order valence-electron chi connectivity index (χ2n) is 12.5. The summed E-state index contributed by atoms with van der Waals surface area (Å²) in [4.78, 5) is 36.4. The molecule has 0 bridgehead atoms. The average molecular weight is 631 g/mol. The number of anilines is 1. The molecule has 12 heteroatoms. The molecule has 5 rings (SSSR count). The summed E-state index contributed by atoms with van der Waals surface area (Å²) in [5, 5.41) is 3.58. The highest BCUT2D eigenvalue weighted by atomic mass is 35.5. The first-order chi connectivity index (χ1) is 18.9. The number of piperazine rings is 1. The van der Waals surface area contributed by atoms with Gasteiger partial charge in [-0.3, -0.25) is 19.4 Å². The normalized spacial score (nSPS) is 25.8. The van der Waals surface area contributed by atoms with E-state index < -0.39 is 17.0 Å². The lowest BCUT2D eigenvalue weighted by molar-refractivity contribution is -0.121. The smallest absolute Gasteiger partial charge is 0.251 e. The van der Waals surface area contributed by atoms with E-state index >= 15 is 0 Å². The number of rotatable bonds is 6. The summed E-state index contributed by atoms with van der Waals surface area (Å²) in [7, 11) is 0. The minimum absolute atomic E-state index is 0. The fraction of sp³-hybridized carbons (Fsp3) is 0.600. The molecule has 2 N–H and O–H groups in total. The lowest BCUT2D eigenvalue weighted by Crippen LogP contribution is -2.63. The van der Waals surface area contributed by atoms with Gasteiger partial charge in [-0.1, -0.05) is 19.9 Å². The van der Waals surface area contributed by atoms with Crippen molar-refractivity contribution >= 4 is 36.4 Å². The molecule has 0 aliphatic carbocycles. The molecule has 4 heterocycles. The summed E-state index contributed by atoms with van der Waals surface area (Å²) in [5.41, 5.74) is 1.15. The van der Waals surface area contributed by atoms with Crippen LogP contribution in [0.2, 0.25) is 0 Å². The largest absolute Gasteiger partial charge is 0.378 e. The Balaban J connectivity index is 0.00000242. The maximum atomic E-state index is 14.4. The monoisotopic (exact) mass is 629 g/mol. The zero-order valence-electron chi connectivity index (χ0n) is 24.9. The maximum absolute atomic E-state index is 14.4. The maximum Gasteiger partial charge on any atom is 0.251 e. The fourth-order valence-electron chi connectivity index (χ4n) is 6.38. The van der Waals surface area contributed by atoms with Crippen LogP contribution >= 0.6 is 24.8 Å². The minimum atomic E-state index is -0.698. The van der Waals surface area contributed by atoms with E-state index in [0.29, 0.717) is 48.8 Å². The number of hydrogen-bond donors (Lipinski definition) is 2. The van der Waals surface area contributed by atoms with Gasteiger partial charge in [0.25, 0.3) is 5.56 Å². The quantitative estimate of drug-likeness (QED) is 0.509. The van der Waals surface area contributed by atoms with E-state index in [0.717, 1.165) is 25.7 Å². The van der Waals surface area contributed by atoms with Crippen molar-refractivity contribution in [2.75, 3.05) is 50.8 Å².